The number of carbonyl (C=O) groups excluding carboxylic acids is 1. The maximum Gasteiger partial charge on any atom is 0.237 e. The molecule has 6 heteroatoms. The lowest BCUT2D eigenvalue weighted by Gasteiger charge is -2.36. The monoisotopic (exact) mass is 404 g/mol. The lowest BCUT2D eigenvalue weighted by molar-refractivity contribution is -0.137. The highest BCUT2D eigenvalue weighted by atomic mass is 32.2. The smallest absolute Gasteiger partial charge is 0.237 e. The molecule has 2 heterocycles. The third-order valence-corrected chi connectivity index (χ3v) is 8.51. The van der Waals surface area contributed by atoms with Crippen LogP contribution >= 0.6 is 0 Å². The van der Waals surface area contributed by atoms with E-state index in [1.807, 2.05) is 11.0 Å². The number of rotatable bonds is 6. The van der Waals surface area contributed by atoms with E-state index in [0.717, 1.165) is 51.5 Å². The number of benzene rings is 1. The summed E-state index contributed by atoms with van der Waals surface area (Å²) in [7, 11) is -2.99. The van der Waals surface area contributed by atoms with Crippen molar-refractivity contribution in [3.05, 3.63) is 35.9 Å². The Kier molecular flexibility index (Phi) is 6.07. The second kappa shape index (κ2) is 8.54. The van der Waals surface area contributed by atoms with Crippen molar-refractivity contribution in [2.24, 2.45) is 0 Å². The van der Waals surface area contributed by atoms with Gasteiger partial charge < -0.3 is 4.90 Å². The maximum absolute atomic E-state index is 13.4. The molecule has 0 aromatic heterocycles. The average molecular weight is 405 g/mol. The van der Waals surface area contributed by atoms with Crippen LogP contribution in [0.3, 0.4) is 0 Å². The van der Waals surface area contributed by atoms with Gasteiger partial charge in [-0.1, -0.05) is 43.2 Å². The van der Waals surface area contributed by atoms with Crippen LogP contribution in [-0.2, 0) is 21.1 Å². The van der Waals surface area contributed by atoms with Gasteiger partial charge in [0.2, 0.25) is 5.91 Å². The molecule has 3 fully saturated rings. The first kappa shape index (κ1) is 19.9. The molecule has 1 saturated carbocycles. The van der Waals surface area contributed by atoms with E-state index < -0.39 is 9.84 Å². The fraction of sp³-hybridized carbons (Fsp3) is 0.682. The zero-order chi connectivity index (χ0) is 19.6. The summed E-state index contributed by atoms with van der Waals surface area (Å²) in [5.74, 6) is 0.533. The van der Waals surface area contributed by atoms with E-state index in [9.17, 15) is 13.2 Å². The third-order valence-electron chi connectivity index (χ3n) is 6.76. The van der Waals surface area contributed by atoms with Crippen molar-refractivity contribution in [3.8, 4) is 0 Å². The molecule has 1 amide bonds. The fourth-order valence-electron chi connectivity index (χ4n) is 5.36. The molecule has 1 aromatic rings. The first-order valence-corrected chi connectivity index (χ1v) is 12.6. The van der Waals surface area contributed by atoms with Gasteiger partial charge in [0.25, 0.3) is 0 Å². The van der Waals surface area contributed by atoms with Gasteiger partial charge in [-0.05, 0) is 50.6 Å². The van der Waals surface area contributed by atoms with Gasteiger partial charge in [-0.25, -0.2) is 8.42 Å². The topological polar surface area (TPSA) is 57.7 Å². The van der Waals surface area contributed by atoms with Crippen molar-refractivity contribution in [2.75, 3.05) is 24.6 Å². The second-order valence-electron chi connectivity index (χ2n) is 8.75. The van der Waals surface area contributed by atoms with Gasteiger partial charge in [0, 0.05) is 18.1 Å². The Morgan fingerprint density at radius 3 is 2.43 bits per heavy atom. The average Bonchev–Trinajstić information content (AvgIpc) is 3.40. The van der Waals surface area contributed by atoms with Crippen LogP contribution < -0.4 is 0 Å². The van der Waals surface area contributed by atoms with Crippen LogP contribution in [0.5, 0.6) is 0 Å². The minimum absolute atomic E-state index is 0.115. The van der Waals surface area contributed by atoms with Gasteiger partial charge >= 0.3 is 0 Å². The summed E-state index contributed by atoms with van der Waals surface area (Å²) in [6.45, 7) is 1.40. The standard InChI is InChI=1S/C22H32N2O3S/c25-22(16-23-13-6-11-20(23)15-18-7-2-1-3-8-18)24(19-9-4-5-10-19)21-12-14-28(26,27)17-21/h1-3,7-8,19-21H,4-6,9-17H2/t20-,21-/m0/s1. The number of hydrogen-bond acceptors (Lipinski definition) is 4. The van der Waals surface area contributed by atoms with Crippen molar-refractivity contribution in [3.63, 3.8) is 0 Å². The predicted octanol–water partition coefficient (Wildman–Crippen LogP) is 2.65. The molecule has 5 nitrogen and oxygen atoms in total. The minimum atomic E-state index is -2.99. The van der Waals surface area contributed by atoms with Crippen LogP contribution in [0.25, 0.3) is 0 Å². The highest BCUT2D eigenvalue weighted by Crippen LogP contribution is 2.30. The molecule has 154 valence electrons. The number of sulfone groups is 1. The Balaban J connectivity index is 1.44. The highest BCUT2D eigenvalue weighted by molar-refractivity contribution is 7.91. The van der Waals surface area contributed by atoms with E-state index in [-0.39, 0.29) is 29.5 Å². The number of likely N-dealkylation sites (tertiary alicyclic amines) is 1. The van der Waals surface area contributed by atoms with Crippen molar-refractivity contribution in [1.82, 2.24) is 9.80 Å². The zero-order valence-corrected chi connectivity index (χ0v) is 17.4. The van der Waals surface area contributed by atoms with Gasteiger partial charge in [0.15, 0.2) is 9.84 Å². The van der Waals surface area contributed by atoms with E-state index in [0.29, 0.717) is 19.0 Å². The lowest BCUT2D eigenvalue weighted by Crippen LogP contribution is -2.51. The summed E-state index contributed by atoms with van der Waals surface area (Å²) in [5.41, 5.74) is 1.32. The zero-order valence-electron chi connectivity index (χ0n) is 16.6. The van der Waals surface area contributed by atoms with Gasteiger partial charge in [0.05, 0.1) is 18.1 Å². The molecule has 3 aliphatic rings. The van der Waals surface area contributed by atoms with Crippen molar-refractivity contribution in [2.45, 2.75) is 69.5 Å². The normalized spacial score (nSPS) is 28.0. The first-order chi connectivity index (χ1) is 13.5. The quantitative estimate of drug-likeness (QED) is 0.731. The summed E-state index contributed by atoms with van der Waals surface area (Å²) in [4.78, 5) is 17.7. The van der Waals surface area contributed by atoms with Crippen LogP contribution in [0.2, 0.25) is 0 Å². The largest absolute Gasteiger partial charge is 0.335 e. The molecular weight excluding hydrogens is 372 g/mol. The summed E-state index contributed by atoms with van der Waals surface area (Å²) in [5, 5.41) is 0. The van der Waals surface area contributed by atoms with Crippen molar-refractivity contribution < 1.29 is 13.2 Å². The van der Waals surface area contributed by atoms with Crippen LogP contribution in [0.4, 0.5) is 0 Å². The van der Waals surface area contributed by atoms with Crippen molar-refractivity contribution in [1.29, 1.82) is 0 Å². The highest BCUT2D eigenvalue weighted by Gasteiger charge is 2.40. The van der Waals surface area contributed by atoms with Crippen LogP contribution in [0.1, 0.15) is 50.5 Å². The van der Waals surface area contributed by atoms with Gasteiger partial charge in [0.1, 0.15) is 0 Å². The molecule has 0 spiro atoms. The van der Waals surface area contributed by atoms with E-state index in [2.05, 4.69) is 29.2 Å². The Labute approximate surface area is 169 Å². The van der Waals surface area contributed by atoms with Gasteiger partial charge in [-0.15, -0.1) is 0 Å². The molecule has 2 aliphatic heterocycles. The third kappa shape index (κ3) is 4.60. The summed E-state index contributed by atoms with van der Waals surface area (Å²) in [6.07, 6.45) is 8.19. The van der Waals surface area contributed by atoms with Gasteiger partial charge in [-0.3, -0.25) is 9.69 Å². The van der Waals surface area contributed by atoms with E-state index in [1.54, 1.807) is 0 Å². The number of hydrogen-bond donors (Lipinski definition) is 0. The minimum Gasteiger partial charge on any atom is -0.335 e. The van der Waals surface area contributed by atoms with E-state index in [1.165, 1.54) is 5.56 Å². The molecule has 1 aromatic carbocycles. The molecule has 2 saturated heterocycles. The van der Waals surface area contributed by atoms with Gasteiger partial charge in [-0.2, -0.15) is 0 Å². The Morgan fingerprint density at radius 1 is 1.00 bits per heavy atom. The lowest BCUT2D eigenvalue weighted by atomic mass is 10.0. The molecule has 0 N–H and O–H groups in total. The van der Waals surface area contributed by atoms with Crippen molar-refractivity contribution >= 4 is 15.7 Å². The summed E-state index contributed by atoms with van der Waals surface area (Å²) < 4.78 is 24.1. The molecule has 0 unspecified atom stereocenters. The van der Waals surface area contributed by atoms with E-state index >= 15 is 0 Å². The van der Waals surface area contributed by atoms with Crippen LogP contribution in [0, 0.1) is 0 Å². The predicted molar refractivity (Wildman–Crippen MR) is 111 cm³/mol. The molecule has 28 heavy (non-hydrogen) atoms. The molecule has 1 aliphatic carbocycles. The second-order valence-corrected chi connectivity index (χ2v) is 11.0. The molecule has 0 radical (unpaired) electrons. The fourth-order valence-corrected chi connectivity index (χ4v) is 7.07. The van der Waals surface area contributed by atoms with E-state index in [4.69, 9.17) is 0 Å². The SMILES string of the molecule is O=C(CN1CCC[C@H]1Cc1ccccc1)N(C1CCCC1)[C@H]1CCS(=O)(=O)C1. The first-order valence-electron chi connectivity index (χ1n) is 10.8. The Morgan fingerprint density at radius 2 is 1.75 bits per heavy atom. The number of carbonyl (C=O) groups is 1. The Hall–Kier alpha value is -1.40. The summed E-state index contributed by atoms with van der Waals surface area (Å²) in [6, 6.07) is 11.0. The Bertz CT molecular complexity index is 774. The maximum atomic E-state index is 13.4. The molecule has 0 bridgehead atoms. The van der Waals surface area contributed by atoms with Crippen LogP contribution in [0.15, 0.2) is 30.3 Å². The number of nitrogens with zero attached hydrogens (tertiary/aromatic N) is 2. The molecule has 2 atom stereocenters. The number of amides is 1. The van der Waals surface area contributed by atoms with Crippen LogP contribution in [-0.4, -0.2) is 66.8 Å². The molecule has 4 rings (SSSR count). The molecular formula is C22H32N2O3S. The summed E-state index contributed by atoms with van der Waals surface area (Å²) >= 11 is 0.